The Morgan fingerprint density at radius 3 is 2.38 bits per heavy atom. The van der Waals surface area contributed by atoms with Crippen molar-refractivity contribution in [2.45, 2.75) is 78.5 Å². The molecule has 0 aromatic heterocycles. The molecule has 0 bridgehead atoms. The summed E-state index contributed by atoms with van der Waals surface area (Å²) in [4.78, 5) is 12.2. The zero-order valence-corrected chi connectivity index (χ0v) is 17.4. The molecule has 0 saturated heterocycles. The van der Waals surface area contributed by atoms with Crippen molar-refractivity contribution in [2.24, 2.45) is 0 Å². The van der Waals surface area contributed by atoms with E-state index in [1.165, 1.54) is 5.56 Å². The van der Waals surface area contributed by atoms with Gasteiger partial charge in [-0.15, -0.1) is 0 Å². The molecule has 4 heteroatoms. The largest absolute Gasteiger partial charge is 0.496 e. The monoisotopic (exact) mass is 349 g/mol. The highest BCUT2D eigenvalue weighted by Gasteiger charge is 2.24. The van der Waals surface area contributed by atoms with Crippen LogP contribution < -0.4 is 4.74 Å². The molecule has 1 rings (SSSR count). The molecule has 0 aliphatic carbocycles. The van der Waals surface area contributed by atoms with Gasteiger partial charge in [-0.2, -0.15) is 0 Å². The maximum atomic E-state index is 12.2. The molecule has 0 unspecified atom stereocenters. The van der Waals surface area contributed by atoms with Crippen LogP contribution in [0, 0.1) is 0 Å². The van der Waals surface area contributed by atoms with Crippen LogP contribution in [0.4, 0.5) is 0 Å². The van der Waals surface area contributed by atoms with Gasteiger partial charge < -0.3 is 9.16 Å². The molecular formula is C20H33O3Si. The van der Waals surface area contributed by atoms with Crippen molar-refractivity contribution in [1.29, 1.82) is 0 Å². The Bertz CT molecular complexity index is 545. The normalized spacial score (nSPS) is 11.8. The smallest absolute Gasteiger partial charge is 0.205 e. The Balaban J connectivity index is 3.22. The molecule has 0 saturated carbocycles. The number of carbonyl (C=O) groups is 1. The number of rotatable bonds is 9. The molecule has 0 aliphatic heterocycles. The number of unbranched alkanes of at least 4 members (excludes halogenated alkanes) is 1. The molecule has 1 radical (unpaired) electrons. The van der Waals surface area contributed by atoms with Crippen LogP contribution in [0.1, 0.15) is 63.6 Å². The van der Waals surface area contributed by atoms with Crippen molar-refractivity contribution in [2.75, 3.05) is 7.11 Å². The van der Waals surface area contributed by atoms with Crippen molar-refractivity contribution < 1.29 is 14.0 Å². The van der Waals surface area contributed by atoms with Gasteiger partial charge in [0, 0.05) is 24.0 Å². The lowest BCUT2D eigenvalue weighted by molar-refractivity contribution is -0.118. The van der Waals surface area contributed by atoms with Crippen LogP contribution in [0.25, 0.3) is 0 Å². The summed E-state index contributed by atoms with van der Waals surface area (Å²) in [5.41, 5.74) is 3.31. The summed E-state index contributed by atoms with van der Waals surface area (Å²) >= 11 is 0. The first kappa shape index (κ1) is 20.9. The summed E-state index contributed by atoms with van der Waals surface area (Å²) in [5, 5.41) is 0. The average molecular weight is 350 g/mol. The Hall–Kier alpha value is -1.13. The zero-order valence-electron chi connectivity index (χ0n) is 16.4. The number of hydrogen-bond acceptors (Lipinski definition) is 3. The van der Waals surface area contributed by atoms with E-state index in [0.717, 1.165) is 29.7 Å². The Labute approximate surface area is 149 Å². The molecular weight excluding hydrogens is 316 g/mol. The molecule has 3 nitrogen and oxygen atoms in total. The van der Waals surface area contributed by atoms with Crippen molar-refractivity contribution >= 4 is 14.8 Å². The van der Waals surface area contributed by atoms with Crippen molar-refractivity contribution in [1.82, 2.24) is 0 Å². The minimum Gasteiger partial charge on any atom is -0.496 e. The standard InChI is InChI=1S/C20H33O3Si/c1-8-9-10-16(21)13-15-11-12-18(20(2,3)4)17(19(15)22-5)14-23-24(6)7/h11-12H,8-10,13-14H2,1-7H3. The van der Waals surface area contributed by atoms with Gasteiger partial charge in [0.25, 0.3) is 0 Å². The SMILES string of the molecule is CCCCC(=O)Cc1ccc(C(C)(C)C)c(CO[Si](C)C)c1OC. The fourth-order valence-corrected chi connectivity index (χ4v) is 3.24. The first-order valence-electron chi connectivity index (χ1n) is 8.84. The van der Waals surface area contributed by atoms with E-state index in [2.05, 4.69) is 52.9 Å². The van der Waals surface area contributed by atoms with Gasteiger partial charge in [-0.25, -0.2) is 0 Å². The van der Waals surface area contributed by atoms with E-state index in [-0.39, 0.29) is 11.2 Å². The molecule has 0 amide bonds. The van der Waals surface area contributed by atoms with E-state index >= 15 is 0 Å². The number of methoxy groups -OCH3 is 1. The Morgan fingerprint density at radius 1 is 1.21 bits per heavy atom. The first-order valence-corrected chi connectivity index (χ1v) is 11.2. The Kier molecular flexibility index (Phi) is 8.17. The van der Waals surface area contributed by atoms with Crippen LogP contribution >= 0.6 is 0 Å². The van der Waals surface area contributed by atoms with Gasteiger partial charge in [0.1, 0.15) is 11.5 Å². The summed E-state index contributed by atoms with van der Waals surface area (Å²) in [5.74, 6) is 1.11. The minimum absolute atomic E-state index is 0.00507. The summed E-state index contributed by atoms with van der Waals surface area (Å²) in [6.45, 7) is 13.5. The van der Waals surface area contributed by atoms with E-state index in [1.807, 2.05) is 0 Å². The average Bonchev–Trinajstić information content (AvgIpc) is 2.49. The molecule has 1 aromatic carbocycles. The summed E-state index contributed by atoms with van der Waals surface area (Å²) in [6.07, 6.45) is 3.08. The number of ether oxygens (including phenoxy) is 1. The molecule has 0 N–H and O–H groups in total. The number of ketones is 1. The second-order valence-corrected chi connectivity index (χ2v) is 9.66. The number of benzene rings is 1. The maximum Gasteiger partial charge on any atom is 0.205 e. The number of Topliss-reactive ketones (excluding diaryl/α,β-unsaturated/α-hetero) is 1. The van der Waals surface area contributed by atoms with Crippen LogP contribution in [0.3, 0.4) is 0 Å². The molecule has 0 spiro atoms. The number of hydrogen-bond donors (Lipinski definition) is 0. The summed E-state index contributed by atoms with van der Waals surface area (Å²) in [6, 6.07) is 4.19. The zero-order chi connectivity index (χ0) is 18.3. The highest BCUT2D eigenvalue weighted by Crippen LogP contribution is 2.35. The molecule has 1 aromatic rings. The van der Waals surface area contributed by atoms with E-state index in [4.69, 9.17) is 9.16 Å². The predicted molar refractivity (Wildman–Crippen MR) is 102 cm³/mol. The van der Waals surface area contributed by atoms with E-state index in [0.29, 0.717) is 19.4 Å². The lowest BCUT2D eigenvalue weighted by Gasteiger charge is -2.26. The van der Waals surface area contributed by atoms with Crippen molar-refractivity contribution in [3.05, 3.63) is 28.8 Å². The van der Waals surface area contributed by atoms with Gasteiger partial charge >= 0.3 is 0 Å². The molecule has 0 aliphatic rings. The van der Waals surface area contributed by atoms with E-state index in [9.17, 15) is 4.79 Å². The summed E-state index contributed by atoms with van der Waals surface area (Å²) in [7, 11) is 0.902. The lowest BCUT2D eigenvalue weighted by Crippen LogP contribution is -2.18. The van der Waals surface area contributed by atoms with Crippen LogP contribution in [-0.2, 0) is 27.7 Å². The van der Waals surface area contributed by atoms with Crippen LogP contribution in [0.15, 0.2) is 12.1 Å². The van der Waals surface area contributed by atoms with Crippen molar-refractivity contribution in [3.63, 3.8) is 0 Å². The topological polar surface area (TPSA) is 35.5 Å². The molecule has 135 valence electrons. The lowest BCUT2D eigenvalue weighted by atomic mass is 9.82. The van der Waals surface area contributed by atoms with E-state index in [1.54, 1.807) is 7.11 Å². The fourth-order valence-electron chi connectivity index (χ4n) is 2.81. The van der Waals surface area contributed by atoms with Gasteiger partial charge in [-0.3, -0.25) is 4.79 Å². The highest BCUT2D eigenvalue weighted by atomic mass is 28.3. The fraction of sp³-hybridized carbons (Fsp3) is 0.650. The van der Waals surface area contributed by atoms with Crippen LogP contribution in [0.2, 0.25) is 13.1 Å². The predicted octanol–water partition coefficient (Wildman–Crippen LogP) is 5.06. The van der Waals surface area contributed by atoms with Gasteiger partial charge in [-0.05, 0) is 30.5 Å². The third kappa shape index (κ3) is 6.06. The number of carbonyl (C=O) groups excluding carboxylic acids is 1. The molecule has 24 heavy (non-hydrogen) atoms. The second kappa shape index (κ2) is 9.38. The maximum absolute atomic E-state index is 12.2. The molecule has 0 atom stereocenters. The summed E-state index contributed by atoms with van der Waals surface area (Å²) < 4.78 is 11.7. The van der Waals surface area contributed by atoms with Crippen LogP contribution in [-0.4, -0.2) is 21.9 Å². The highest BCUT2D eigenvalue weighted by molar-refractivity contribution is 6.48. The van der Waals surface area contributed by atoms with Gasteiger partial charge in [-0.1, -0.05) is 46.2 Å². The van der Waals surface area contributed by atoms with Gasteiger partial charge in [0.05, 0.1) is 13.7 Å². The van der Waals surface area contributed by atoms with Crippen LogP contribution in [0.5, 0.6) is 5.75 Å². The molecule has 0 fully saturated rings. The third-order valence-corrected chi connectivity index (χ3v) is 4.78. The Morgan fingerprint density at radius 2 is 1.88 bits per heavy atom. The van der Waals surface area contributed by atoms with Crippen molar-refractivity contribution in [3.8, 4) is 5.75 Å². The quantitative estimate of drug-likeness (QED) is 0.584. The molecule has 0 heterocycles. The second-order valence-electron chi connectivity index (χ2n) is 7.55. The van der Waals surface area contributed by atoms with E-state index < -0.39 is 9.04 Å². The minimum atomic E-state index is -0.788. The first-order chi connectivity index (χ1) is 11.2. The van der Waals surface area contributed by atoms with Gasteiger partial charge in [0.2, 0.25) is 9.04 Å². The third-order valence-electron chi connectivity index (χ3n) is 4.06. The van der Waals surface area contributed by atoms with Gasteiger partial charge in [0.15, 0.2) is 0 Å².